The molecule has 0 atom stereocenters. The molecule has 1 aromatic carbocycles. The van der Waals surface area contributed by atoms with Crippen molar-refractivity contribution < 1.29 is 22.7 Å². The van der Waals surface area contributed by atoms with E-state index in [0.29, 0.717) is 11.3 Å². The minimum absolute atomic E-state index is 0.0955. The van der Waals surface area contributed by atoms with Gasteiger partial charge in [0.05, 0.1) is 19.5 Å². The summed E-state index contributed by atoms with van der Waals surface area (Å²) in [6.45, 7) is 0.0955. The molecule has 100 valence electrons. The number of carbonyl (C=O) groups is 1. The topological polar surface area (TPSA) is 69.7 Å². The minimum Gasteiger partial charge on any atom is -0.497 e. The van der Waals surface area contributed by atoms with Crippen LogP contribution < -0.4 is 4.74 Å². The number of ether oxygens (including phenoxy) is 2. The normalized spacial score (nSPS) is 11.2. The van der Waals surface area contributed by atoms with Crippen molar-refractivity contribution >= 4 is 15.6 Å². The lowest BCUT2D eigenvalue weighted by Crippen LogP contribution is -2.21. The largest absolute Gasteiger partial charge is 0.497 e. The highest BCUT2D eigenvalue weighted by Gasteiger charge is 2.17. The molecule has 0 bridgehead atoms. The molecule has 0 aromatic heterocycles. The molecule has 0 radical (unpaired) electrons. The van der Waals surface area contributed by atoms with Crippen molar-refractivity contribution in [3.8, 4) is 5.75 Å². The van der Waals surface area contributed by atoms with E-state index in [9.17, 15) is 13.2 Å². The van der Waals surface area contributed by atoms with Gasteiger partial charge < -0.3 is 9.47 Å². The second kappa shape index (κ2) is 6.51. The highest BCUT2D eigenvalue weighted by Crippen LogP contribution is 2.12. The Morgan fingerprint density at radius 1 is 1.17 bits per heavy atom. The molecular weight excluding hydrogens is 256 g/mol. The standard InChI is InChI=1S/C12H16O5S/c1-16-7-8-18(14,15)9-12(13)10-3-5-11(17-2)6-4-10/h3-6H,7-9H2,1-2H3. The summed E-state index contributed by atoms with van der Waals surface area (Å²) >= 11 is 0. The zero-order valence-electron chi connectivity index (χ0n) is 10.4. The Labute approximate surface area is 107 Å². The fraction of sp³-hybridized carbons (Fsp3) is 0.417. The first-order chi connectivity index (χ1) is 8.48. The number of hydrogen-bond donors (Lipinski definition) is 0. The van der Waals surface area contributed by atoms with Gasteiger partial charge in [-0.2, -0.15) is 0 Å². The lowest BCUT2D eigenvalue weighted by atomic mass is 10.1. The van der Waals surface area contributed by atoms with Crippen LogP contribution >= 0.6 is 0 Å². The van der Waals surface area contributed by atoms with Gasteiger partial charge in [-0.15, -0.1) is 0 Å². The Hall–Kier alpha value is -1.40. The van der Waals surface area contributed by atoms with Gasteiger partial charge in [0, 0.05) is 12.7 Å². The Balaban J connectivity index is 2.70. The first-order valence-electron chi connectivity index (χ1n) is 5.35. The van der Waals surface area contributed by atoms with Crippen LogP contribution in [0.5, 0.6) is 5.75 Å². The van der Waals surface area contributed by atoms with Gasteiger partial charge in [0.2, 0.25) is 0 Å². The van der Waals surface area contributed by atoms with Crippen molar-refractivity contribution in [2.24, 2.45) is 0 Å². The number of hydrogen-bond acceptors (Lipinski definition) is 5. The number of methoxy groups -OCH3 is 2. The fourth-order valence-corrected chi connectivity index (χ4v) is 2.47. The van der Waals surface area contributed by atoms with Crippen LogP contribution in [0.1, 0.15) is 10.4 Å². The van der Waals surface area contributed by atoms with Crippen LogP contribution in [0.3, 0.4) is 0 Å². The van der Waals surface area contributed by atoms with Crippen LogP contribution in [-0.4, -0.2) is 46.5 Å². The van der Waals surface area contributed by atoms with Crippen molar-refractivity contribution in [3.63, 3.8) is 0 Å². The number of sulfone groups is 1. The Bertz CT molecular complexity index is 490. The predicted octanol–water partition coefficient (Wildman–Crippen LogP) is 0.939. The Kier molecular flexibility index (Phi) is 5.30. The van der Waals surface area contributed by atoms with E-state index in [1.165, 1.54) is 14.2 Å². The van der Waals surface area contributed by atoms with Crippen molar-refractivity contribution in [1.82, 2.24) is 0 Å². The van der Waals surface area contributed by atoms with Crippen LogP contribution in [0.15, 0.2) is 24.3 Å². The Morgan fingerprint density at radius 3 is 2.28 bits per heavy atom. The van der Waals surface area contributed by atoms with Crippen molar-refractivity contribution in [3.05, 3.63) is 29.8 Å². The van der Waals surface area contributed by atoms with Gasteiger partial charge in [-0.05, 0) is 24.3 Å². The third-order valence-corrected chi connectivity index (χ3v) is 3.85. The molecule has 0 amide bonds. The molecule has 0 saturated carbocycles. The summed E-state index contributed by atoms with van der Waals surface area (Å²) in [7, 11) is -0.475. The Morgan fingerprint density at radius 2 is 1.78 bits per heavy atom. The molecule has 0 fully saturated rings. The molecular formula is C12H16O5S. The van der Waals surface area contributed by atoms with Crippen LogP contribution in [0.2, 0.25) is 0 Å². The fourth-order valence-electron chi connectivity index (χ4n) is 1.34. The number of Topliss-reactive ketones (excluding diaryl/α,β-unsaturated/α-hetero) is 1. The molecule has 0 spiro atoms. The molecule has 6 heteroatoms. The summed E-state index contributed by atoms with van der Waals surface area (Å²) < 4.78 is 32.8. The summed E-state index contributed by atoms with van der Waals surface area (Å²) in [6, 6.07) is 6.34. The molecule has 0 aliphatic carbocycles. The van der Waals surface area contributed by atoms with Crippen LogP contribution in [0.4, 0.5) is 0 Å². The third-order valence-electron chi connectivity index (χ3n) is 2.36. The summed E-state index contributed by atoms with van der Waals surface area (Å²) in [5, 5.41) is 0. The van der Waals surface area contributed by atoms with Crippen molar-refractivity contribution in [2.45, 2.75) is 0 Å². The predicted molar refractivity (Wildman–Crippen MR) is 67.9 cm³/mol. The van der Waals surface area contributed by atoms with E-state index in [1.807, 2.05) is 0 Å². The first kappa shape index (κ1) is 14.7. The molecule has 0 aliphatic heterocycles. The van der Waals surface area contributed by atoms with Gasteiger partial charge in [-0.25, -0.2) is 8.42 Å². The van der Waals surface area contributed by atoms with E-state index in [0.717, 1.165) is 0 Å². The lowest BCUT2D eigenvalue weighted by Gasteiger charge is -2.04. The quantitative estimate of drug-likeness (QED) is 0.691. The minimum atomic E-state index is -3.41. The lowest BCUT2D eigenvalue weighted by molar-refractivity contribution is 0.102. The van der Waals surface area contributed by atoms with E-state index in [1.54, 1.807) is 24.3 Å². The first-order valence-corrected chi connectivity index (χ1v) is 7.17. The van der Waals surface area contributed by atoms with Gasteiger partial charge in [-0.3, -0.25) is 4.79 Å². The smallest absolute Gasteiger partial charge is 0.177 e. The molecule has 0 unspecified atom stereocenters. The molecule has 0 N–H and O–H groups in total. The van der Waals surface area contributed by atoms with Gasteiger partial charge >= 0.3 is 0 Å². The van der Waals surface area contributed by atoms with E-state index in [-0.39, 0.29) is 12.4 Å². The molecule has 0 aliphatic rings. The molecule has 0 heterocycles. The average Bonchev–Trinajstić information content (AvgIpc) is 2.36. The van der Waals surface area contributed by atoms with Crippen LogP contribution in [0.25, 0.3) is 0 Å². The highest BCUT2D eigenvalue weighted by molar-refractivity contribution is 7.92. The maximum atomic E-state index is 11.8. The van der Waals surface area contributed by atoms with Gasteiger partial charge in [0.1, 0.15) is 11.5 Å². The molecule has 1 rings (SSSR count). The third kappa shape index (κ3) is 4.46. The van der Waals surface area contributed by atoms with Gasteiger partial charge in [0.25, 0.3) is 0 Å². The van der Waals surface area contributed by atoms with E-state index in [2.05, 4.69) is 4.74 Å². The zero-order valence-corrected chi connectivity index (χ0v) is 11.2. The summed E-state index contributed by atoms with van der Waals surface area (Å²) in [5.74, 6) is -0.448. The maximum absolute atomic E-state index is 11.8. The number of rotatable bonds is 7. The molecule has 0 saturated heterocycles. The molecule has 1 aromatic rings. The SMILES string of the molecule is COCCS(=O)(=O)CC(=O)c1ccc(OC)cc1. The van der Waals surface area contributed by atoms with Gasteiger partial charge in [-0.1, -0.05) is 0 Å². The van der Waals surface area contributed by atoms with Crippen LogP contribution in [0, 0.1) is 0 Å². The number of benzene rings is 1. The van der Waals surface area contributed by atoms with Crippen molar-refractivity contribution in [1.29, 1.82) is 0 Å². The van der Waals surface area contributed by atoms with E-state index in [4.69, 9.17) is 4.74 Å². The summed E-state index contributed by atoms with van der Waals surface area (Å²) in [4.78, 5) is 11.8. The average molecular weight is 272 g/mol. The summed E-state index contributed by atoms with van der Waals surface area (Å²) in [6.07, 6.45) is 0. The zero-order chi connectivity index (χ0) is 13.6. The van der Waals surface area contributed by atoms with E-state index >= 15 is 0 Å². The number of carbonyl (C=O) groups excluding carboxylic acids is 1. The van der Waals surface area contributed by atoms with Gasteiger partial charge in [0.15, 0.2) is 15.6 Å². The maximum Gasteiger partial charge on any atom is 0.177 e. The second-order valence-electron chi connectivity index (χ2n) is 3.74. The second-order valence-corrected chi connectivity index (χ2v) is 5.92. The highest BCUT2D eigenvalue weighted by atomic mass is 32.2. The monoisotopic (exact) mass is 272 g/mol. The summed E-state index contributed by atoms with van der Waals surface area (Å²) in [5.41, 5.74) is 0.358. The molecule has 5 nitrogen and oxygen atoms in total. The molecule has 18 heavy (non-hydrogen) atoms. The number of ketones is 1. The van der Waals surface area contributed by atoms with Crippen molar-refractivity contribution in [2.75, 3.05) is 32.3 Å². The van der Waals surface area contributed by atoms with Crippen LogP contribution in [-0.2, 0) is 14.6 Å². The van der Waals surface area contributed by atoms with E-state index < -0.39 is 21.4 Å².